The maximum atomic E-state index is 9.49. The molecule has 0 aliphatic carbocycles. The van der Waals surface area contributed by atoms with Crippen LogP contribution in [0, 0.1) is 0 Å². The van der Waals surface area contributed by atoms with E-state index in [2.05, 4.69) is 26.2 Å². The zero-order valence-corrected chi connectivity index (χ0v) is 13.4. The van der Waals surface area contributed by atoms with Crippen LogP contribution in [0.2, 0.25) is 5.02 Å². The molecule has 2 aromatic carbocycles. The summed E-state index contributed by atoms with van der Waals surface area (Å²) in [6, 6.07) is 9.24. The Bertz CT molecular complexity index is 775. The molecule has 102 valence electrons. The summed E-state index contributed by atoms with van der Waals surface area (Å²) in [5.74, 6) is 0.230. The highest BCUT2D eigenvalue weighted by atomic mass is 79.9. The molecule has 3 rings (SSSR count). The Kier molecular flexibility index (Phi) is 3.83. The number of rotatable bonds is 3. The van der Waals surface area contributed by atoms with Crippen LogP contribution in [0.5, 0.6) is 5.75 Å². The third-order valence-electron chi connectivity index (χ3n) is 2.93. The smallest absolute Gasteiger partial charge is 0.129 e. The lowest BCUT2D eigenvalue weighted by molar-refractivity contribution is 0.471. The van der Waals surface area contributed by atoms with Crippen molar-refractivity contribution in [1.82, 2.24) is 4.98 Å². The summed E-state index contributed by atoms with van der Waals surface area (Å²) in [4.78, 5) is 4.35. The van der Waals surface area contributed by atoms with E-state index in [-0.39, 0.29) is 5.75 Å². The van der Waals surface area contributed by atoms with Gasteiger partial charge < -0.3 is 10.4 Å². The second-order valence-corrected chi connectivity index (χ2v) is 6.41. The number of aromatic hydroxyl groups is 1. The number of hydrogen-bond donors (Lipinski definition) is 2. The number of nitrogens with zero attached hydrogens (tertiary/aromatic N) is 1. The van der Waals surface area contributed by atoms with E-state index in [9.17, 15) is 5.11 Å². The molecular formula is C14H10BrClN2OS. The van der Waals surface area contributed by atoms with Crippen LogP contribution >= 0.6 is 38.9 Å². The first kappa shape index (κ1) is 13.7. The monoisotopic (exact) mass is 368 g/mol. The van der Waals surface area contributed by atoms with Gasteiger partial charge in [-0.05, 0) is 45.8 Å². The van der Waals surface area contributed by atoms with Crippen molar-refractivity contribution in [2.24, 2.45) is 0 Å². The fourth-order valence-corrected chi connectivity index (χ4v) is 3.26. The maximum absolute atomic E-state index is 9.49. The Balaban J connectivity index is 1.88. The second kappa shape index (κ2) is 5.60. The van der Waals surface area contributed by atoms with Crippen molar-refractivity contribution >= 4 is 54.8 Å². The summed E-state index contributed by atoms with van der Waals surface area (Å²) in [5, 5.41) is 13.5. The number of benzene rings is 2. The maximum Gasteiger partial charge on any atom is 0.129 e. The highest BCUT2D eigenvalue weighted by molar-refractivity contribution is 9.10. The van der Waals surface area contributed by atoms with Crippen molar-refractivity contribution in [2.45, 2.75) is 6.54 Å². The van der Waals surface area contributed by atoms with Crippen LogP contribution in [0.25, 0.3) is 10.2 Å². The van der Waals surface area contributed by atoms with Crippen LogP contribution in [0.15, 0.2) is 40.3 Å². The quantitative estimate of drug-likeness (QED) is 0.680. The van der Waals surface area contributed by atoms with Crippen molar-refractivity contribution in [3.8, 4) is 5.75 Å². The highest BCUT2D eigenvalue weighted by Crippen LogP contribution is 2.33. The molecule has 0 spiro atoms. The zero-order chi connectivity index (χ0) is 14.1. The minimum absolute atomic E-state index is 0.230. The van der Waals surface area contributed by atoms with Crippen molar-refractivity contribution in [3.05, 3.63) is 50.9 Å². The molecule has 3 nitrogen and oxygen atoms in total. The second-order valence-electron chi connectivity index (χ2n) is 4.26. The Labute approximate surface area is 133 Å². The molecule has 0 amide bonds. The van der Waals surface area contributed by atoms with Gasteiger partial charge in [0.2, 0.25) is 0 Å². The first-order valence-electron chi connectivity index (χ1n) is 5.88. The Morgan fingerprint density at radius 3 is 2.95 bits per heavy atom. The van der Waals surface area contributed by atoms with Crippen LogP contribution in [-0.2, 0) is 6.54 Å². The predicted molar refractivity (Wildman–Crippen MR) is 87.8 cm³/mol. The van der Waals surface area contributed by atoms with Gasteiger partial charge in [-0.15, -0.1) is 11.3 Å². The van der Waals surface area contributed by atoms with Gasteiger partial charge in [-0.2, -0.15) is 0 Å². The molecule has 0 radical (unpaired) electrons. The van der Waals surface area contributed by atoms with Crippen LogP contribution in [0.1, 0.15) is 5.56 Å². The molecule has 0 aliphatic rings. The van der Waals surface area contributed by atoms with Gasteiger partial charge in [0.1, 0.15) is 11.3 Å². The Morgan fingerprint density at radius 2 is 2.15 bits per heavy atom. The van der Waals surface area contributed by atoms with E-state index in [4.69, 9.17) is 11.6 Å². The van der Waals surface area contributed by atoms with Crippen LogP contribution in [0.3, 0.4) is 0 Å². The number of phenolic OH excluding ortho intramolecular Hbond substituents is 1. The van der Waals surface area contributed by atoms with Gasteiger partial charge in [-0.1, -0.05) is 17.7 Å². The third kappa shape index (κ3) is 2.61. The number of phenols is 1. The van der Waals surface area contributed by atoms with Gasteiger partial charge in [-0.3, -0.25) is 0 Å². The minimum atomic E-state index is 0.230. The highest BCUT2D eigenvalue weighted by Gasteiger charge is 2.08. The van der Waals surface area contributed by atoms with Crippen molar-refractivity contribution in [2.75, 3.05) is 5.32 Å². The van der Waals surface area contributed by atoms with Gasteiger partial charge in [-0.25, -0.2) is 4.98 Å². The molecule has 20 heavy (non-hydrogen) atoms. The summed E-state index contributed by atoms with van der Waals surface area (Å²) >= 11 is 11.1. The van der Waals surface area contributed by atoms with E-state index in [0.717, 1.165) is 21.5 Å². The molecule has 0 bridgehead atoms. The van der Waals surface area contributed by atoms with Gasteiger partial charge >= 0.3 is 0 Å². The van der Waals surface area contributed by atoms with E-state index in [0.29, 0.717) is 16.0 Å². The van der Waals surface area contributed by atoms with Gasteiger partial charge in [0.15, 0.2) is 0 Å². The van der Waals surface area contributed by atoms with Crippen molar-refractivity contribution in [3.63, 3.8) is 0 Å². The van der Waals surface area contributed by atoms with E-state index < -0.39 is 0 Å². The standard InChI is InChI=1S/C14H10BrClN2OS/c15-9-5-8(1-3-11(9)19)6-17-13-10(16)2-4-12-14(13)18-7-20-12/h1-5,7,17,19H,6H2. The molecule has 0 atom stereocenters. The van der Waals surface area contributed by atoms with Crippen molar-refractivity contribution < 1.29 is 5.11 Å². The van der Waals surface area contributed by atoms with Crippen molar-refractivity contribution in [1.29, 1.82) is 0 Å². The molecule has 0 saturated carbocycles. The van der Waals surface area contributed by atoms with Crippen LogP contribution in [-0.4, -0.2) is 10.1 Å². The van der Waals surface area contributed by atoms with Crippen LogP contribution in [0.4, 0.5) is 5.69 Å². The van der Waals surface area contributed by atoms with Gasteiger partial charge in [0.05, 0.1) is 25.4 Å². The summed E-state index contributed by atoms with van der Waals surface area (Å²) in [7, 11) is 0. The Hall–Kier alpha value is -1.30. The van der Waals surface area contributed by atoms with E-state index in [1.54, 1.807) is 17.4 Å². The zero-order valence-electron chi connectivity index (χ0n) is 10.2. The van der Waals surface area contributed by atoms with Gasteiger partial charge in [0, 0.05) is 6.54 Å². The summed E-state index contributed by atoms with van der Waals surface area (Å²) < 4.78 is 1.78. The predicted octanol–water partition coefficient (Wildman–Crippen LogP) is 5.03. The largest absolute Gasteiger partial charge is 0.507 e. The fourth-order valence-electron chi connectivity index (χ4n) is 1.93. The number of anilines is 1. The first-order valence-corrected chi connectivity index (χ1v) is 7.93. The number of thiazole rings is 1. The summed E-state index contributed by atoms with van der Waals surface area (Å²) in [6.45, 7) is 0.606. The first-order chi connectivity index (χ1) is 9.65. The summed E-state index contributed by atoms with van der Waals surface area (Å²) in [5.41, 5.74) is 4.58. The minimum Gasteiger partial charge on any atom is -0.507 e. The molecule has 2 N–H and O–H groups in total. The topological polar surface area (TPSA) is 45.1 Å². The fraction of sp³-hybridized carbons (Fsp3) is 0.0714. The lowest BCUT2D eigenvalue weighted by Gasteiger charge is -2.10. The van der Waals surface area contributed by atoms with E-state index >= 15 is 0 Å². The molecule has 0 saturated heterocycles. The number of fused-ring (bicyclic) bond motifs is 1. The summed E-state index contributed by atoms with van der Waals surface area (Å²) in [6.07, 6.45) is 0. The molecule has 1 heterocycles. The van der Waals surface area contributed by atoms with Gasteiger partial charge in [0.25, 0.3) is 0 Å². The average molecular weight is 370 g/mol. The average Bonchev–Trinajstić information content (AvgIpc) is 2.90. The molecule has 0 aliphatic heterocycles. The number of aromatic nitrogens is 1. The van der Waals surface area contributed by atoms with E-state index in [1.165, 1.54) is 0 Å². The molecule has 1 aromatic heterocycles. The SMILES string of the molecule is Oc1ccc(CNc2c(Cl)ccc3scnc23)cc1Br. The molecular weight excluding hydrogens is 360 g/mol. The lowest BCUT2D eigenvalue weighted by atomic mass is 10.2. The normalized spacial score (nSPS) is 10.9. The molecule has 6 heteroatoms. The number of nitrogens with one attached hydrogen (secondary N) is 1. The van der Waals surface area contributed by atoms with Crippen LogP contribution < -0.4 is 5.32 Å². The van der Waals surface area contributed by atoms with E-state index in [1.807, 2.05) is 29.8 Å². The number of halogens is 2. The third-order valence-corrected chi connectivity index (χ3v) is 4.68. The molecule has 0 fully saturated rings. The molecule has 0 unspecified atom stereocenters. The number of hydrogen-bond acceptors (Lipinski definition) is 4. The molecule has 3 aromatic rings. The Morgan fingerprint density at radius 1 is 1.30 bits per heavy atom. The lowest BCUT2D eigenvalue weighted by Crippen LogP contribution is -2.00.